The Morgan fingerprint density at radius 2 is 1.82 bits per heavy atom. The van der Waals surface area contributed by atoms with E-state index in [1.165, 1.54) is 24.3 Å². The van der Waals surface area contributed by atoms with Crippen molar-refractivity contribution < 1.29 is 21.6 Å². The minimum atomic E-state index is -4.31. The van der Waals surface area contributed by atoms with Crippen LogP contribution in [0, 0.1) is 5.92 Å². The molecule has 0 heterocycles. The van der Waals surface area contributed by atoms with Crippen molar-refractivity contribution in [2.24, 2.45) is 11.7 Å². The van der Waals surface area contributed by atoms with Crippen molar-refractivity contribution in [2.75, 3.05) is 6.54 Å². The smallest absolute Gasteiger partial charge is 0.330 e. The fourth-order valence-electron chi connectivity index (χ4n) is 2.76. The Morgan fingerprint density at radius 3 is 2.36 bits per heavy atom. The van der Waals surface area contributed by atoms with Gasteiger partial charge in [0.1, 0.15) is 0 Å². The van der Waals surface area contributed by atoms with Crippen LogP contribution >= 0.6 is 0 Å². The van der Waals surface area contributed by atoms with Crippen LogP contribution < -0.4 is 10.5 Å². The number of halogens is 3. The minimum Gasteiger partial charge on any atom is -0.330 e. The molecule has 0 amide bonds. The lowest BCUT2D eigenvalue weighted by molar-refractivity contribution is -0.127. The van der Waals surface area contributed by atoms with Crippen LogP contribution in [-0.2, 0) is 16.4 Å². The zero-order valence-corrected chi connectivity index (χ0v) is 12.8. The molecule has 1 aromatic carbocycles. The number of nitrogens with two attached hydrogens (primary N) is 1. The van der Waals surface area contributed by atoms with Gasteiger partial charge in [-0.1, -0.05) is 18.6 Å². The monoisotopic (exact) mass is 336 g/mol. The summed E-state index contributed by atoms with van der Waals surface area (Å²) in [5, 5.41) is 0. The van der Waals surface area contributed by atoms with Crippen molar-refractivity contribution in [3.8, 4) is 0 Å². The Balaban J connectivity index is 2.09. The number of sulfonamides is 1. The zero-order valence-electron chi connectivity index (χ0n) is 11.9. The lowest BCUT2D eigenvalue weighted by Gasteiger charge is -2.19. The molecule has 22 heavy (non-hydrogen) atoms. The van der Waals surface area contributed by atoms with Crippen LogP contribution in [0.4, 0.5) is 13.2 Å². The highest BCUT2D eigenvalue weighted by Gasteiger charge is 2.31. The molecule has 0 bridgehead atoms. The van der Waals surface area contributed by atoms with E-state index in [0.29, 0.717) is 6.54 Å². The summed E-state index contributed by atoms with van der Waals surface area (Å²) in [5.74, 6) is 0.110. The first-order chi connectivity index (χ1) is 10.2. The fraction of sp³-hybridized carbons (Fsp3) is 0.571. The quantitative estimate of drug-likeness (QED) is 0.866. The van der Waals surface area contributed by atoms with Crippen LogP contribution in [0.5, 0.6) is 0 Å². The van der Waals surface area contributed by atoms with Gasteiger partial charge in [0, 0.05) is 6.04 Å². The Hall–Kier alpha value is -1.12. The maximum Gasteiger partial charge on any atom is 0.393 e. The molecule has 3 N–H and O–H groups in total. The predicted molar refractivity (Wildman–Crippen MR) is 76.7 cm³/mol. The van der Waals surface area contributed by atoms with Crippen LogP contribution in [0.15, 0.2) is 29.2 Å². The van der Waals surface area contributed by atoms with Crippen molar-refractivity contribution in [2.45, 2.75) is 42.8 Å². The molecule has 1 aliphatic rings. The molecule has 0 aromatic heterocycles. The van der Waals surface area contributed by atoms with E-state index in [1.54, 1.807) is 0 Å². The largest absolute Gasteiger partial charge is 0.393 e. The van der Waals surface area contributed by atoms with E-state index >= 15 is 0 Å². The lowest BCUT2D eigenvalue weighted by Crippen LogP contribution is -2.39. The van der Waals surface area contributed by atoms with Gasteiger partial charge in [0.15, 0.2) is 0 Å². The molecule has 2 rings (SSSR count). The molecule has 0 saturated heterocycles. The number of hydrogen-bond acceptors (Lipinski definition) is 3. The Morgan fingerprint density at radius 1 is 1.18 bits per heavy atom. The van der Waals surface area contributed by atoms with Gasteiger partial charge in [0.2, 0.25) is 10.0 Å². The maximum atomic E-state index is 12.3. The SMILES string of the molecule is NCC1CCCC1NS(=O)(=O)c1ccc(CC(F)(F)F)cc1. The third-order valence-electron chi connectivity index (χ3n) is 3.91. The molecule has 2 atom stereocenters. The molecule has 124 valence electrons. The average molecular weight is 336 g/mol. The highest BCUT2D eigenvalue weighted by Crippen LogP contribution is 2.27. The van der Waals surface area contributed by atoms with Gasteiger partial charge in [-0.25, -0.2) is 13.1 Å². The van der Waals surface area contributed by atoms with Gasteiger partial charge >= 0.3 is 6.18 Å². The van der Waals surface area contributed by atoms with Crippen molar-refractivity contribution in [3.05, 3.63) is 29.8 Å². The number of rotatable bonds is 5. The third kappa shape index (κ3) is 4.44. The normalized spacial score (nSPS) is 22.9. The Labute approximate surface area is 127 Å². The number of benzene rings is 1. The molecule has 0 radical (unpaired) electrons. The third-order valence-corrected chi connectivity index (χ3v) is 5.41. The standard InChI is InChI=1S/C14H19F3N2O2S/c15-14(16,17)8-10-4-6-12(7-5-10)22(20,21)19-13-3-1-2-11(13)9-18/h4-7,11,13,19H,1-3,8-9,18H2. The highest BCUT2D eigenvalue weighted by atomic mass is 32.2. The summed E-state index contributed by atoms with van der Waals surface area (Å²) in [5.41, 5.74) is 5.65. The second-order valence-corrected chi connectivity index (χ2v) is 7.30. The number of hydrogen-bond donors (Lipinski definition) is 2. The van der Waals surface area contributed by atoms with E-state index in [2.05, 4.69) is 4.72 Å². The van der Waals surface area contributed by atoms with Crippen molar-refractivity contribution >= 4 is 10.0 Å². The molecule has 1 saturated carbocycles. The van der Waals surface area contributed by atoms with Gasteiger partial charge in [-0.05, 0) is 43.0 Å². The number of nitrogens with one attached hydrogen (secondary N) is 1. The van der Waals surface area contributed by atoms with E-state index in [1.807, 2.05) is 0 Å². The molecule has 0 spiro atoms. The molecule has 1 aliphatic carbocycles. The summed E-state index contributed by atoms with van der Waals surface area (Å²) in [6.07, 6.45) is -2.85. The van der Waals surface area contributed by atoms with Crippen molar-refractivity contribution in [3.63, 3.8) is 0 Å². The molecule has 1 aromatic rings. The second kappa shape index (κ2) is 6.55. The van der Waals surface area contributed by atoms with Gasteiger partial charge in [-0.3, -0.25) is 0 Å². The Bertz CT molecular complexity index is 600. The molecule has 8 heteroatoms. The lowest BCUT2D eigenvalue weighted by atomic mass is 10.1. The topological polar surface area (TPSA) is 72.2 Å². The zero-order chi connectivity index (χ0) is 16.4. The van der Waals surface area contributed by atoms with Crippen molar-refractivity contribution in [1.82, 2.24) is 4.72 Å². The molecule has 2 unspecified atom stereocenters. The molecular weight excluding hydrogens is 317 g/mol. The van der Waals surface area contributed by atoms with E-state index in [-0.39, 0.29) is 22.4 Å². The van der Waals surface area contributed by atoms with Crippen LogP contribution in [0.1, 0.15) is 24.8 Å². The summed E-state index contributed by atoms with van der Waals surface area (Å²) in [6, 6.07) is 4.59. The fourth-order valence-corrected chi connectivity index (χ4v) is 4.10. The molecule has 4 nitrogen and oxygen atoms in total. The Kier molecular flexibility index (Phi) is 5.14. The van der Waals surface area contributed by atoms with Gasteiger partial charge in [-0.15, -0.1) is 0 Å². The van der Waals surface area contributed by atoms with E-state index in [0.717, 1.165) is 19.3 Å². The van der Waals surface area contributed by atoms with Gasteiger partial charge < -0.3 is 5.73 Å². The second-order valence-electron chi connectivity index (χ2n) is 5.59. The first-order valence-corrected chi connectivity index (χ1v) is 8.58. The van der Waals surface area contributed by atoms with Crippen LogP contribution in [0.2, 0.25) is 0 Å². The summed E-state index contributed by atoms with van der Waals surface area (Å²) < 4.78 is 64.0. The van der Waals surface area contributed by atoms with Crippen LogP contribution in [-0.4, -0.2) is 27.2 Å². The predicted octanol–water partition coefficient (Wildman–Crippen LogP) is 2.20. The summed E-state index contributed by atoms with van der Waals surface area (Å²) >= 11 is 0. The first kappa shape index (κ1) is 17.2. The highest BCUT2D eigenvalue weighted by molar-refractivity contribution is 7.89. The summed E-state index contributed by atoms with van der Waals surface area (Å²) in [7, 11) is -3.73. The van der Waals surface area contributed by atoms with Crippen LogP contribution in [0.25, 0.3) is 0 Å². The van der Waals surface area contributed by atoms with Gasteiger partial charge in [-0.2, -0.15) is 13.2 Å². The molecule has 0 aliphatic heterocycles. The van der Waals surface area contributed by atoms with Gasteiger partial charge in [0.25, 0.3) is 0 Å². The van der Waals surface area contributed by atoms with E-state index in [9.17, 15) is 21.6 Å². The van der Waals surface area contributed by atoms with Gasteiger partial charge in [0.05, 0.1) is 11.3 Å². The molecule has 1 fully saturated rings. The van der Waals surface area contributed by atoms with Crippen LogP contribution in [0.3, 0.4) is 0 Å². The number of alkyl halides is 3. The van der Waals surface area contributed by atoms with E-state index < -0.39 is 22.6 Å². The minimum absolute atomic E-state index is 0.0268. The van der Waals surface area contributed by atoms with E-state index in [4.69, 9.17) is 5.73 Å². The summed E-state index contributed by atoms with van der Waals surface area (Å²) in [6.45, 7) is 0.414. The van der Waals surface area contributed by atoms with Crippen molar-refractivity contribution in [1.29, 1.82) is 0 Å². The maximum absolute atomic E-state index is 12.3. The average Bonchev–Trinajstić information content (AvgIpc) is 2.84. The molecular formula is C14H19F3N2O2S. The summed E-state index contributed by atoms with van der Waals surface area (Å²) in [4.78, 5) is -0.0268. The first-order valence-electron chi connectivity index (χ1n) is 7.09.